The number of nitrogens with two attached hydrogens (primary N) is 1. The SMILES string of the molecule is CC(Cn1cccn1)NC(=O)c1cccnc1N. The highest BCUT2D eigenvalue weighted by Gasteiger charge is 2.13. The van der Waals surface area contributed by atoms with Gasteiger partial charge in [-0.1, -0.05) is 0 Å². The molecule has 0 saturated carbocycles. The van der Waals surface area contributed by atoms with Crippen LogP contribution in [-0.4, -0.2) is 26.7 Å². The number of carbonyl (C=O) groups excluding carboxylic acids is 1. The molecule has 2 aromatic rings. The Labute approximate surface area is 105 Å². The molecule has 18 heavy (non-hydrogen) atoms. The van der Waals surface area contributed by atoms with Crippen LogP contribution in [0.15, 0.2) is 36.8 Å². The second kappa shape index (κ2) is 5.31. The number of pyridine rings is 1. The fourth-order valence-electron chi connectivity index (χ4n) is 1.65. The van der Waals surface area contributed by atoms with Crippen LogP contribution in [0.4, 0.5) is 5.82 Å². The average molecular weight is 245 g/mol. The van der Waals surface area contributed by atoms with E-state index in [1.807, 2.05) is 19.2 Å². The predicted octanol–water partition coefficient (Wildman–Crippen LogP) is 0.679. The van der Waals surface area contributed by atoms with E-state index in [1.54, 1.807) is 29.2 Å². The van der Waals surface area contributed by atoms with E-state index in [4.69, 9.17) is 5.73 Å². The molecule has 0 bridgehead atoms. The van der Waals surface area contributed by atoms with Gasteiger partial charge in [0.2, 0.25) is 0 Å². The first-order valence-corrected chi connectivity index (χ1v) is 5.65. The summed E-state index contributed by atoms with van der Waals surface area (Å²) < 4.78 is 1.76. The second-order valence-electron chi connectivity index (χ2n) is 4.04. The van der Waals surface area contributed by atoms with Crippen molar-refractivity contribution in [1.82, 2.24) is 20.1 Å². The summed E-state index contributed by atoms with van der Waals surface area (Å²) in [5.41, 5.74) is 6.04. The first kappa shape index (κ1) is 12.1. The Morgan fingerprint density at radius 2 is 2.33 bits per heavy atom. The monoisotopic (exact) mass is 245 g/mol. The van der Waals surface area contributed by atoms with Crippen molar-refractivity contribution in [2.24, 2.45) is 0 Å². The van der Waals surface area contributed by atoms with Crippen LogP contribution in [0.2, 0.25) is 0 Å². The smallest absolute Gasteiger partial charge is 0.255 e. The molecule has 1 unspecified atom stereocenters. The highest BCUT2D eigenvalue weighted by atomic mass is 16.1. The summed E-state index contributed by atoms with van der Waals surface area (Å²) in [4.78, 5) is 15.8. The number of carbonyl (C=O) groups is 1. The van der Waals surface area contributed by atoms with E-state index in [2.05, 4.69) is 15.4 Å². The fourth-order valence-corrected chi connectivity index (χ4v) is 1.65. The summed E-state index contributed by atoms with van der Waals surface area (Å²) in [5, 5.41) is 6.94. The second-order valence-corrected chi connectivity index (χ2v) is 4.04. The van der Waals surface area contributed by atoms with Gasteiger partial charge in [0.05, 0.1) is 12.1 Å². The number of hydrogen-bond donors (Lipinski definition) is 2. The lowest BCUT2D eigenvalue weighted by molar-refractivity contribution is 0.0936. The van der Waals surface area contributed by atoms with Crippen molar-refractivity contribution >= 4 is 11.7 Å². The molecule has 94 valence electrons. The Morgan fingerprint density at radius 1 is 1.50 bits per heavy atom. The number of amides is 1. The molecule has 3 N–H and O–H groups in total. The molecule has 0 aromatic carbocycles. The van der Waals surface area contributed by atoms with Gasteiger partial charge in [0.15, 0.2) is 0 Å². The Kier molecular flexibility index (Phi) is 3.57. The third kappa shape index (κ3) is 2.85. The number of anilines is 1. The van der Waals surface area contributed by atoms with Crippen molar-refractivity contribution in [2.45, 2.75) is 19.5 Å². The normalized spacial score (nSPS) is 12.1. The number of nitrogen functional groups attached to an aromatic ring is 1. The van der Waals surface area contributed by atoms with Crippen LogP contribution in [-0.2, 0) is 6.54 Å². The molecule has 6 nitrogen and oxygen atoms in total. The van der Waals surface area contributed by atoms with Crippen molar-refractivity contribution in [3.05, 3.63) is 42.4 Å². The van der Waals surface area contributed by atoms with E-state index in [0.29, 0.717) is 12.1 Å². The average Bonchev–Trinajstić information content (AvgIpc) is 2.82. The maximum absolute atomic E-state index is 11.9. The highest BCUT2D eigenvalue weighted by molar-refractivity contribution is 5.98. The molecule has 1 amide bonds. The molecule has 2 aromatic heterocycles. The third-order valence-corrected chi connectivity index (χ3v) is 2.48. The highest BCUT2D eigenvalue weighted by Crippen LogP contribution is 2.06. The molecule has 1 atom stereocenters. The molecular weight excluding hydrogens is 230 g/mol. The van der Waals surface area contributed by atoms with Crippen LogP contribution in [0.3, 0.4) is 0 Å². The zero-order valence-electron chi connectivity index (χ0n) is 10.1. The van der Waals surface area contributed by atoms with Gasteiger partial charge in [0.1, 0.15) is 5.82 Å². The molecule has 0 spiro atoms. The van der Waals surface area contributed by atoms with Crippen LogP contribution in [0.1, 0.15) is 17.3 Å². The predicted molar refractivity (Wildman–Crippen MR) is 67.8 cm³/mol. The minimum Gasteiger partial charge on any atom is -0.383 e. The molecule has 0 saturated heterocycles. The zero-order chi connectivity index (χ0) is 13.0. The van der Waals surface area contributed by atoms with Crippen molar-refractivity contribution in [1.29, 1.82) is 0 Å². The summed E-state index contributed by atoms with van der Waals surface area (Å²) in [6.07, 6.45) is 5.11. The van der Waals surface area contributed by atoms with Crippen LogP contribution < -0.4 is 11.1 Å². The van der Waals surface area contributed by atoms with Crippen LogP contribution in [0.5, 0.6) is 0 Å². The molecule has 6 heteroatoms. The molecule has 0 fully saturated rings. The van der Waals surface area contributed by atoms with E-state index < -0.39 is 0 Å². The number of nitrogens with zero attached hydrogens (tertiary/aromatic N) is 3. The Bertz CT molecular complexity index is 523. The van der Waals surface area contributed by atoms with Crippen molar-refractivity contribution in [3.63, 3.8) is 0 Å². The minimum atomic E-state index is -0.222. The number of nitrogens with one attached hydrogen (secondary N) is 1. The van der Waals surface area contributed by atoms with Gasteiger partial charge in [-0.15, -0.1) is 0 Å². The van der Waals surface area contributed by atoms with E-state index in [1.165, 1.54) is 0 Å². The molecule has 2 rings (SSSR count). The lowest BCUT2D eigenvalue weighted by Crippen LogP contribution is -2.36. The molecule has 0 radical (unpaired) electrons. The first-order chi connectivity index (χ1) is 8.66. The van der Waals surface area contributed by atoms with Gasteiger partial charge >= 0.3 is 0 Å². The number of hydrogen-bond acceptors (Lipinski definition) is 4. The lowest BCUT2D eigenvalue weighted by atomic mass is 10.2. The van der Waals surface area contributed by atoms with Crippen molar-refractivity contribution in [3.8, 4) is 0 Å². The fraction of sp³-hybridized carbons (Fsp3) is 0.250. The summed E-state index contributed by atoms with van der Waals surface area (Å²) >= 11 is 0. The largest absolute Gasteiger partial charge is 0.383 e. The van der Waals surface area contributed by atoms with Crippen LogP contribution >= 0.6 is 0 Å². The molecular formula is C12H15N5O. The van der Waals surface area contributed by atoms with E-state index >= 15 is 0 Å². The van der Waals surface area contributed by atoms with Gasteiger partial charge in [-0.3, -0.25) is 9.48 Å². The summed E-state index contributed by atoms with van der Waals surface area (Å²) in [5.74, 6) is 0.0153. The first-order valence-electron chi connectivity index (χ1n) is 5.65. The summed E-state index contributed by atoms with van der Waals surface area (Å²) in [6, 6.07) is 5.13. The van der Waals surface area contributed by atoms with E-state index in [0.717, 1.165) is 0 Å². The standard InChI is InChI=1S/C12H15N5O/c1-9(8-17-7-3-6-15-17)16-12(18)10-4-2-5-14-11(10)13/h2-7,9H,8H2,1H3,(H2,13,14)(H,16,18). The van der Waals surface area contributed by atoms with Gasteiger partial charge in [-0.2, -0.15) is 5.10 Å². The quantitative estimate of drug-likeness (QED) is 0.829. The van der Waals surface area contributed by atoms with Gasteiger partial charge in [-0.05, 0) is 25.1 Å². The molecule has 0 aliphatic heterocycles. The van der Waals surface area contributed by atoms with Gasteiger partial charge in [0.25, 0.3) is 5.91 Å². The van der Waals surface area contributed by atoms with E-state index in [-0.39, 0.29) is 17.8 Å². The van der Waals surface area contributed by atoms with Crippen LogP contribution in [0.25, 0.3) is 0 Å². The molecule has 2 heterocycles. The Morgan fingerprint density at radius 3 is 3.00 bits per heavy atom. The summed E-state index contributed by atoms with van der Waals surface area (Å²) in [7, 11) is 0. The number of aromatic nitrogens is 3. The van der Waals surface area contributed by atoms with Gasteiger partial charge in [-0.25, -0.2) is 4.98 Å². The van der Waals surface area contributed by atoms with E-state index in [9.17, 15) is 4.79 Å². The number of rotatable bonds is 4. The Hall–Kier alpha value is -2.37. The topological polar surface area (TPSA) is 85.8 Å². The third-order valence-electron chi connectivity index (χ3n) is 2.48. The zero-order valence-corrected chi connectivity index (χ0v) is 10.1. The van der Waals surface area contributed by atoms with Gasteiger partial charge < -0.3 is 11.1 Å². The molecule has 0 aliphatic carbocycles. The van der Waals surface area contributed by atoms with Crippen molar-refractivity contribution < 1.29 is 4.79 Å². The molecule has 0 aliphatic rings. The Balaban J connectivity index is 1.97. The maximum atomic E-state index is 11.9. The maximum Gasteiger partial charge on any atom is 0.255 e. The minimum absolute atomic E-state index is 0.0444. The van der Waals surface area contributed by atoms with Crippen molar-refractivity contribution in [2.75, 3.05) is 5.73 Å². The lowest BCUT2D eigenvalue weighted by Gasteiger charge is -2.14. The van der Waals surface area contributed by atoms with Crippen LogP contribution in [0, 0.1) is 0 Å². The summed E-state index contributed by atoms with van der Waals surface area (Å²) in [6.45, 7) is 2.52. The van der Waals surface area contributed by atoms with Gasteiger partial charge in [0, 0.05) is 24.6 Å².